The van der Waals surface area contributed by atoms with Crippen molar-refractivity contribution in [2.24, 2.45) is 0 Å². The van der Waals surface area contributed by atoms with Crippen molar-refractivity contribution in [3.63, 3.8) is 0 Å². The average Bonchev–Trinajstić information content (AvgIpc) is 2.95. The van der Waals surface area contributed by atoms with E-state index in [-0.39, 0.29) is 13.2 Å². The van der Waals surface area contributed by atoms with Gasteiger partial charge in [-0.3, -0.25) is 0 Å². The second-order valence-corrected chi connectivity index (χ2v) is 7.34. The van der Waals surface area contributed by atoms with Crippen LogP contribution in [0, 0.1) is 0 Å². The second kappa shape index (κ2) is 6.89. The normalized spacial score (nSPS) is 38.5. The molecule has 19 heavy (non-hydrogen) atoms. The average molecular weight is 314 g/mol. The van der Waals surface area contributed by atoms with Crippen molar-refractivity contribution in [2.75, 3.05) is 26.4 Å². The first kappa shape index (κ1) is 15.8. The van der Waals surface area contributed by atoms with Gasteiger partial charge in [-0.05, 0) is 18.2 Å². The molecule has 0 bridgehead atoms. The SMILES string of the molecule is OC[C@H]1OCCC1OP(O)(=S)OC[C@H]1OCCC1O. The summed E-state index contributed by atoms with van der Waals surface area (Å²) in [5.74, 6) is 0. The van der Waals surface area contributed by atoms with Crippen LogP contribution in [-0.2, 0) is 30.3 Å². The Hall–Kier alpha value is 0.370. The molecule has 2 heterocycles. The van der Waals surface area contributed by atoms with Gasteiger partial charge in [-0.2, -0.15) is 0 Å². The molecule has 0 amide bonds. The van der Waals surface area contributed by atoms with E-state index < -0.39 is 31.1 Å². The largest absolute Gasteiger partial charge is 0.394 e. The summed E-state index contributed by atoms with van der Waals surface area (Å²) in [4.78, 5) is 9.94. The van der Waals surface area contributed by atoms with Crippen molar-refractivity contribution in [3.05, 3.63) is 0 Å². The second-order valence-electron chi connectivity index (χ2n) is 4.55. The zero-order valence-electron chi connectivity index (χ0n) is 10.4. The summed E-state index contributed by atoms with van der Waals surface area (Å²) in [6.45, 7) is -2.70. The van der Waals surface area contributed by atoms with E-state index in [1.807, 2.05) is 0 Å². The summed E-state index contributed by atoms with van der Waals surface area (Å²) in [5, 5.41) is 18.6. The smallest absolute Gasteiger partial charge is 0.324 e. The number of ether oxygens (including phenoxy) is 2. The van der Waals surface area contributed by atoms with E-state index in [1.54, 1.807) is 0 Å². The molecule has 3 unspecified atom stereocenters. The molecule has 0 aromatic rings. The van der Waals surface area contributed by atoms with Crippen LogP contribution in [0.1, 0.15) is 12.8 Å². The zero-order valence-corrected chi connectivity index (χ0v) is 12.1. The van der Waals surface area contributed by atoms with Crippen LogP contribution in [-0.4, -0.2) is 65.9 Å². The van der Waals surface area contributed by atoms with Gasteiger partial charge in [0.2, 0.25) is 0 Å². The van der Waals surface area contributed by atoms with E-state index in [9.17, 15) is 10.00 Å². The number of aliphatic hydroxyl groups is 2. The Morgan fingerprint density at radius 1 is 1.21 bits per heavy atom. The lowest BCUT2D eigenvalue weighted by Crippen LogP contribution is -2.29. The van der Waals surface area contributed by atoms with Gasteiger partial charge in [-0.15, -0.1) is 0 Å². The Bertz CT molecular complexity index is 342. The zero-order chi connectivity index (χ0) is 13.9. The third-order valence-corrected chi connectivity index (χ3v) is 4.76. The molecule has 2 saturated heterocycles. The number of hydrogen-bond donors (Lipinski definition) is 3. The molecule has 3 N–H and O–H groups in total. The molecule has 0 aliphatic carbocycles. The number of aliphatic hydroxyl groups excluding tert-OH is 2. The van der Waals surface area contributed by atoms with Gasteiger partial charge in [0.15, 0.2) is 0 Å². The van der Waals surface area contributed by atoms with Crippen LogP contribution < -0.4 is 0 Å². The molecule has 5 atom stereocenters. The van der Waals surface area contributed by atoms with Gasteiger partial charge in [0.1, 0.15) is 12.2 Å². The third-order valence-electron chi connectivity index (χ3n) is 3.17. The molecule has 2 aliphatic rings. The van der Waals surface area contributed by atoms with E-state index in [4.69, 9.17) is 35.4 Å². The molecule has 2 aliphatic heterocycles. The summed E-state index contributed by atoms with van der Waals surface area (Å²) in [6.07, 6.45) is -0.925. The monoisotopic (exact) mass is 314 g/mol. The maximum atomic E-state index is 9.94. The Morgan fingerprint density at radius 2 is 1.89 bits per heavy atom. The maximum Gasteiger partial charge on any atom is 0.324 e. The van der Waals surface area contributed by atoms with Crippen molar-refractivity contribution in [2.45, 2.75) is 37.3 Å². The van der Waals surface area contributed by atoms with Gasteiger partial charge < -0.3 is 33.6 Å². The molecule has 0 aromatic heterocycles. The highest BCUT2D eigenvalue weighted by atomic mass is 32.5. The fraction of sp³-hybridized carbons (Fsp3) is 1.00. The first-order valence-electron chi connectivity index (χ1n) is 6.19. The summed E-state index contributed by atoms with van der Waals surface area (Å²) in [6, 6.07) is 0. The van der Waals surface area contributed by atoms with Crippen molar-refractivity contribution in [1.29, 1.82) is 0 Å². The van der Waals surface area contributed by atoms with Crippen LogP contribution in [0.3, 0.4) is 0 Å². The van der Waals surface area contributed by atoms with Gasteiger partial charge in [0.25, 0.3) is 0 Å². The molecule has 0 radical (unpaired) electrons. The van der Waals surface area contributed by atoms with Crippen LogP contribution >= 0.6 is 6.72 Å². The summed E-state index contributed by atoms with van der Waals surface area (Å²) in [7, 11) is 0. The molecule has 0 spiro atoms. The number of rotatable bonds is 6. The van der Waals surface area contributed by atoms with Gasteiger partial charge in [-0.1, -0.05) is 0 Å². The fourth-order valence-corrected chi connectivity index (χ4v) is 3.58. The predicted octanol–water partition coefficient (Wildman–Crippen LogP) is -0.464. The lowest BCUT2D eigenvalue weighted by Gasteiger charge is -2.24. The van der Waals surface area contributed by atoms with Crippen molar-refractivity contribution in [1.82, 2.24) is 0 Å². The Labute approximate surface area is 116 Å². The maximum absolute atomic E-state index is 9.94. The van der Waals surface area contributed by atoms with Crippen molar-refractivity contribution >= 4 is 18.5 Å². The van der Waals surface area contributed by atoms with Gasteiger partial charge >= 0.3 is 6.72 Å². The number of hydrogen-bond acceptors (Lipinski definition) is 7. The highest BCUT2D eigenvalue weighted by molar-refractivity contribution is 8.07. The van der Waals surface area contributed by atoms with E-state index in [2.05, 4.69) is 0 Å². The Morgan fingerprint density at radius 3 is 2.53 bits per heavy atom. The summed E-state index contributed by atoms with van der Waals surface area (Å²) >= 11 is 4.90. The van der Waals surface area contributed by atoms with Crippen LogP contribution in [0.5, 0.6) is 0 Å². The van der Waals surface area contributed by atoms with Crippen LogP contribution in [0.25, 0.3) is 0 Å². The van der Waals surface area contributed by atoms with E-state index in [0.29, 0.717) is 26.1 Å². The molecule has 2 rings (SSSR count). The Balaban J connectivity index is 1.79. The lowest BCUT2D eigenvalue weighted by molar-refractivity contribution is -0.0103. The third kappa shape index (κ3) is 4.42. The minimum absolute atomic E-state index is 0.00763. The van der Waals surface area contributed by atoms with Gasteiger partial charge in [0, 0.05) is 19.6 Å². The van der Waals surface area contributed by atoms with Gasteiger partial charge in [-0.25, -0.2) is 0 Å². The molecule has 0 aromatic carbocycles. The standard InChI is InChI=1S/C10H19O7PS/c11-5-9-8(2-4-14-9)17-18(13,19)16-6-10-7(12)1-3-15-10/h7-12H,1-6H2,(H,13,19)/t7?,8?,9-,10-,18?/m1/s1. The van der Waals surface area contributed by atoms with Crippen molar-refractivity contribution in [3.8, 4) is 0 Å². The van der Waals surface area contributed by atoms with E-state index in [1.165, 1.54) is 0 Å². The summed E-state index contributed by atoms with van der Waals surface area (Å²) in [5.41, 5.74) is 0. The minimum Gasteiger partial charge on any atom is -0.394 e. The highest BCUT2D eigenvalue weighted by Crippen LogP contribution is 2.47. The molecular formula is C10H19O7PS. The van der Waals surface area contributed by atoms with Crippen molar-refractivity contribution < 1.29 is 33.6 Å². The Kier molecular flexibility index (Phi) is 5.71. The van der Waals surface area contributed by atoms with Crippen LogP contribution in [0.15, 0.2) is 0 Å². The van der Waals surface area contributed by atoms with Crippen LogP contribution in [0.4, 0.5) is 0 Å². The highest BCUT2D eigenvalue weighted by Gasteiger charge is 2.35. The summed E-state index contributed by atoms with van der Waals surface area (Å²) < 4.78 is 21.0. The lowest BCUT2D eigenvalue weighted by atomic mass is 10.2. The van der Waals surface area contributed by atoms with E-state index in [0.717, 1.165) is 0 Å². The topological polar surface area (TPSA) is 97.6 Å². The molecule has 7 nitrogen and oxygen atoms in total. The molecule has 2 fully saturated rings. The predicted molar refractivity (Wildman–Crippen MR) is 69.1 cm³/mol. The molecule has 0 saturated carbocycles. The first-order chi connectivity index (χ1) is 9.02. The quantitative estimate of drug-likeness (QED) is 0.567. The first-order valence-corrected chi connectivity index (χ1v) is 8.79. The molecule has 112 valence electrons. The molecule has 9 heteroatoms. The fourth-order valence-electron chi connectivity index (χ4n) is 2.09. The molecular weight excluding hydrogens is 295 g/mol. The minimum atomic E-state index is -3.42. The van der Waals surface area contributed by atoms with Gasteiger partial charge in [0.05, 0.1) is 25.4 Å². The van der Waals surface area contributed by atoms with Crippen LogP contribution in [0.2, 0.25) is 0 Å². The van der Waals surface area contributed by atoms with E-state index >= 15 is 0 Å².